The number of ketones is 1. The topological polar surface area (TPSA) is 107 Å². The first-order chi connectivity index (χ1) is 14.5. The number of nitro benzene ring substituents is 1. The summed E-state index contributed by atoms with van der Waals surface area (Å²) in [6.07, 6.45) is 0. The van der Waals surface area contributed by atoms with Crippen LogP contribution < -0.4 is 4.80 Å². The molecule has 2 aromatic carbocycles. The van der Waals surface area contributed by atoms with Gasteiger partial charge in [0.05, 0.1) is 9.80 Å². The molecule has 4 aromatic rings. The van der Waals surface area contributed by atoms with Crippen LogP contribution in [0.5, 0.6) is 0 Å². The number of aromatic nitrogens is 2. The van der Waals surface area contributed by atoms with Crippen molar-refractivity contribution in [2.24, 2.45) is 4.99 Å². The summed E-state index contributed by atoms with van der Waals surface area (Å²) in [4.78, 5) is 40.9. The normalized spacial score (nSPS) is 11.4. The fraction of sp³-hybridized carbons (Fsp3) is 0. The second-order valence-corrected chi connectivity index (χ2v) is 7.84. The van der Waals surface area contributed by atoms with Crippen molar-refractivity contribution in [1.29, 1.82) is 0 Å². The highest BCUT2D eigenvalue weighted by atomic mass is 32.1. The lowest BCUT2D eigenvalue weighted by Gasteiger charge is -2.02. The van der Waals surface area contributed by atoms with Gasteiger partial charge in [-0.2, -0.15) is 14.8 Å². The highest BCUT2D eigenvalue weighted by Crippen LogP contribution is 2.22. The number of para-hydroxylation sites is 2. The van der Waals surface area contributed by atoms with Gasteiger partial charge in [0, 0.05) is 11.6 Å². The minimum Gasteiger partial charge on any atom is -0.285 e. The molecule has 4 rings (SSSR count). The third-order valence-corrected chi connectivity index (χ3v) is 5.80. The molecule has 0 spiro atoms. The van der Waals surface area contributed by atoms with Crippen LogP contribution in [0.2, 0.25) is 0 Å². The van der Waals surface area contributed by atoms with Gasteiger partial charge in [-0.05, 0) is 29.6 Å². The standard InChI is InChI=1S/C20H12N4O4S2/c25-17(16-11-6-12-29-16)19-22-23(14-9-4-5-10-15(14)24(27)28)20(30-19)21-18(26)13-7-2-1-3-8-13/h1-12H. The summed E-state index contributed by atoms with van der Waals surface area (Å²) in [5.74, 6) is -0.877. The Bertz CT molecular complexity index is 1310. The second kappa shape index (κ2) is 8.31. The molecule has 0 saturated heterocycles. The van der Waals surface area contributed by atoms with E-state index in [1.54, 1.807) is 53.9 Å². The van der Waals surface area contributed by atoms with Gasteiger partial charge in [-0.1, -0.05) is 47.7 Å². The number of thiophene rings is 1. The predicted molar refractivity (Wildman–Crippen MR) is 112 cm³/mol. The molecule has 0 aliphatic carbocycles. The average Bonchev–Trinajstić information content (AvgIpc) is 3.44. The van der Waals surface area contributed by atoms with Gasteiger partial charge >= 0.3 is 0 Å². The van der Waals surface area contributed by atoms with E-state index in [-0.39, 0.29) is 27.0 Å². The minimum atomic E-state index is -0.550. The van der Waals surface area contributed by atoms with Crippen molar-refractivity contribution >= 4 is 40.1 Å². The molecule has 0 atom stereocenters. The lowest BCUT2D eigenvalue weighted by Crippen LogP contribution is -2.18. The molecule has 8 nitrogen and oxygen atoms in total. The molecule has 10 heteroatoms. The van der Waals surface area contributed by atoms with Crippen LogP contribution in [-0.4, -0.2) is 26.4 Å². The van der Waals surface area contributed by atoms with E-state index in [4.69, 9.17) is 0 Å². The Labute approximate surface area is 177 Å². The summed E-state index contributed by atoms with van der Waals surface area (Å²) >= 11 is 2.16. The molecule has 0 fully saturated rings. The van der Waals surface area contributed by atoms with Gasteiger partial charge in [0.2, 0.25) is 10.6 Å². The van der Waals surface area contributed by atoms with Gasteiger partial charge in [-0.15, -0.1) is 11.3 Å². The Morgan fingerprint density at radius 2 is 1.73 bits per heavy atom. The number of carbonyl (C=O) groups is 2. The maximum atomic E-state index is 12.8. The Hall–Kier alpha value is -3.76. The van der Waals surface area contributed by atoms with E-state index in [0.29, 0.717) is 10.4 Å². The second-order valence-electron chi connectivity index (χ2n) is 5.94. The molecule has 148 valence electrons. The first-order valence-corrected chi connectivity index (χ1v) is 10.3. The van der Waals surface area contributed by atoms with Crippen molar-refractivity contribution in [3.63, 3.8) is 0 Å². The minimum absolute atomic E-state index is 0.0676. The summed E-state index contributed by atoms with van der Waals surface area (Å²) in [6, 6.07) is 17.8. The number of amides is 1. The number of nitro groups is 1. The third kappa shape index (κ3) is 3.86. The fourth-order valence-corrected chi connectivity index (χ4v) is 4.23. The van der Waals surface area contributed by atoms with E-state index in [9.17, 15) is 19.7 Å². The first kappa shape index (κ1) is 19.6. The molecule has 0 saturated carbocycles. The molecule has 2 heterocycles. The van der Waals surface area contributed by atoms with Crippen molar-refractivity contribution in [2.45, 2.75) is 0 Å². The van der Waals surface area contributed by atoms with Crippen LogP contribution in [-0.2, 0) is 0 Å². The summed E-state index contributed by atoms with van der Waals surface area (Å²) in [5, 5.41) is 17.6. The molecule has 0 unspecified atom stereocenters. The van der Waals surface area contributed by atoms with E-state index in [1.807, 2.05) is 0 Å². The van der Waals surface area contributed by atoms with Crippen LogP contribution in [0.3, 0.4) is 0 Å². The van der Waals surface area contributed by atoms with E-state index in [2.05, 4.69) is 10.1 Å². The molecule has 0 N–H and O–H groups in total. The zero-order valence-corrected chi connectivity index (χ0v) is 16.8. The molecule has 0 aliphatic heterocycles. The number of carbonyl (C=O) groups excluding carboxylic acids is 2. The van der Waals surface area contributed by atoms with Crippen LogP contribution in [0.25, 0.3) is 5.69 Å². The highest BCUT2D eigenvalue weighted by molar-refractivity contribution is 7.15. The number of nitrogens with zero attached hydrogens (tertiary/aromatic N) is 4. The maximum absolute atomic E-state index is 12.8. The molecule has 0 aliphatic rings. The SMILES string of the molecule is O=C(N=c1sc(C(=O)c2cccs2)nn1-c1ccccc1[N+](=O)[O-])c1ccccc1. The van der Waals surface area contributed by atoms with Crippen molar-refractivity contribution in [3.05, 3.63) is 102 Å². The van der Waals surface area contributed by atoms with Crippen LogP contribution in [0.4, 0.5) is 5.69 Å². The Morgan fingerprint density at radius 3 is 2.43 bits per heavy atom. The molecular formula is C20H12N4O4S2. The van der Waals surface area contributed by atoms with E-state index < -0.39 is 10.8 Å². The zero-order valence-electron chi connectivity index (χ0n) is 15.2. The Kier molecular flexibility index (Phi) is 5.42. The third-order valence-electron chi connectivity index (χ3n) is 4.02. The lowest BCUT2D eigenvalue weighted by atomic mass is 10.2. The summed E-state index contributed by atoms with van der Waals surface area (Å²) in [5.41, 5.74) is 0.251. The van der Waals surface area contributed by atoms with E-state index in [0.717, 1.165) is 11.3 Å². The smallest absolute Gasteiger partial charge is 0.285 e. The average molecular weight is 436 g/mol. The lowest BCUT2D eigenvalue weighted by molar-refractivity contribution is -0.384. The Morgan fingerprint density at radius 1 is 1.00 bits per heavy atom. The van der Waals surface area contributed by atoms with Gasteiger partial charge < -0.3 is 0 Å². The maximum Gasteiger partial charge on any atom is 0.294 e. The first-order valence-electron chi connectivity index (χ1n) is 8.61. The van der Waals surface area contributed by atoms with Crippen LogP contribution in [0.1, 0.15) is 25.0 Å². The number of hydrogen-bond donors (Lipinski definition) is 0. The number of hydrogen-bond acceptors (Lipinski definition) is 7. The van der Waals surface area contributed by atoms with Crippen molar-refractivity contribution in [3.8, 4) is 5.69 Å². The quantitative estimate of drug-likeness (QED) is 0.268. The molecule has 2 aromatic heterocycles. The molecular weight excluding hydrogens is 424 g/mol. The predicted octanol–water partition coefficient (Wildman–Crippen LogP) is 3.88. The van der Waals surface area contributed by atoms with Crippen molar-refractivity contribution < 1.29 is 14.5 Å². The zero-order chi connectivity index (χ0) is 21.1. The van der Waals surface area contributed by atoms with Crippen LogP contribution in [0.15, 0.2) is 77.1 Å². The van der Waals surface area contributed by atoms with E-state index >= 15 is 0 Å². The summed E-state index contributed by atoms with van der Waals surface area (Å²) < 4.78 is 1.17. The van der Waals surface area contributed by atoms with Gasteiger partial charge in [0.1, 0.15) is 5.69 Å². The monoisotopic (exact) mass is 436 g/mol. The molecule has 0 bridgehead atoms. The van der Waals surface area contributed by atoms with E-state index in [1.165, 1.54) is 34.2 Å². The molecule has 30 heavy (non-hydrogen) atoms. The van der Waals surface area contributed by atoms with Gasteiger partial charge in [0.15, 0.2) is 5.01 Å². The highest BCUT2D eigenvalue weighted by Gasteiger charge is 2.22. The van der Waals surface area contributed by atoms with Gasteiger partial charge in [0.25, 0.3) is 11.6 Å². The fourth-order valence-electron chi connectivity index (χ4n) is 2.65. The van der Waals surface area contributed by atoms with Gasteiger partial charge in [-0.25, -0.2) is 0 Å². The largest absolute Gasteiger partial charge is 0.294 e. The number of rotatable bonds is 5. The van der Waals surface area contributed by atoms with Crippen molar-refractivity contribution in [2.75, 3.05) is 0 Å². The van der Waals surface area contributed by atoms with Gasteiger partial charge in [-0.3, -0.25) is 19.7 Å². The van der Waals surface area contributed by atoms with Crippen LogP contribution >= 0.6 is 22.7 Å². The summed E-state index contributed by atoms with van der Waals surface area (Å²) in [7, 11) is 0. The molecule has 1 amide bonds. The van der Waals surface area contributed by atoms with Crippen LogP contribution in [0, 0.1) is 10.1 Å². The molecule has 0 radical (unpaired) electrons. The number of benzene rings is 2. The summed E-state index contributed by atoms with van der Waals surface area (Å²) in [6.45, 7) is 0. The van der Waals surface area contributed by atoms with Crippen molar-refractivity contribution in [1.82, 2.24) is 9.78 Å². The Balaban J connectivity index is 1.90.